The minimum Gasteiger partial charge on any atom is -0.490 e. The van der Waals surface area contributed by atoms with Crippen LogP contribution in [0.3, 0.4) is 0 Å². The van der Waals surface area contributed by atoms with Gasteiger partial charge in [0, 0.05) is 26.0 Å². The average Bonchev–Trinajstić information content (AvgIpc) is 3.56. The van der Waals surface area contributed by atoms with Gasteiger partial charge in [-0.3, -0.25) is 4.99 Å². The first-order valence-electron chi connectivity index (χ1n) is 11.6. The predicted molar refractivity (Wildman–Crippen MR) is 129 cm³/mol. The van der Waals surface area contributed by atoms with Gasteiger partial charge in [0.2, 0.25) is 0 Å². The molecular formula is C26H32FN5O. The van der Waals surface area contributed by atoms with Crippen molar-refractivity contribution in [3.05, 3.63) is 83.7 Å². The number of benzene rings is 2. The third-order valence-corrected chi connectivity index (χ3v) is 5.90. The van der Waals surface area contributed by atoms with Crippen molar-refractivity contribution in [2.45, 2.75) is 45.3 Å². The number of hydrogen-bond acceptors (Lipinski definition) is 3. The quantitative estimate of drug-likeness (QED) is 0.354. The zero-order chi connectivity index (χ0) is 23.0. The second-order valence-corrected chi connectivity index (χ2v) is 8.51. The lowest BCUT2D eigenvalue weighted by Crippen LogP contribution is -2.38. The van der Waals surface area contributed by atoms with Crippen LogP contribution in [-0.2, 0) is 19.5 Å². The molecule has 1 heterocycles. The van der Waals surface area contributed by atoms with E-state index in [-0.39, 0.29) is 11.9 Å². The number of nitrogens with one attached hydrogen (secondary N) is 2. The molecule has 1 fully saturated rings. The molecule has 1 atom stereocenters. The predicted octanol–water partition coefficient (Wildman–Crippen LogP) is 4.48. The van der Waals surface area contributed by atoms with E-state index in [1.165, 1.54) is 24.5 Å². The molecule has 1 aliphatic carbocycles. The van der Waals surface area contributed by atoms with Crippen LogP contribution in [0.5, 0.6) is 5.75 Å². The number of imidazole rings is 1. The molecule has 33 heavy (non-hydrogen) atoms. The van der Waals surface area contributed by atoms with Gasteiger partial charge in [0.1, 0.15) is 5.82 Å². The number of aromatic nitrogens is 2. The van der Waals surface area contributed by atoms with E-state index < -0.39 is 0 Å². The molecule has 1 aliphatic rings. The Labute approximate surface area is 194 Å². The maximum atomic E-state index is 14.5. The Bertz CT molecular complexity index is 1060. The first-order chi connectivity index (χ1) is 16.1. The third kappa shape index (κ3) is 6.57. The van der Waals surface area contributed by atoms with Crippen molar-refractivity contribution in [1.82, 2.24) is 20.2 Å². The van der Waals surface area contributed by atoms with Crippen LogP contribution in [0.25, 0.3) is 0 Å². The fourth-order valence-electron chi connectivity index (χ4n) is 3.65. The van der Waals surface area contributed by atoms with Crippen molar-refractivity contribution in [3.8, 4) is 5.75 Å². The van der Waals surface area contributed by atoms with Gasteiger partial charge in [-0.05, 0) is 55.4 Å². The third-order valence-electron chi connectivity index (χ3n) is 5.90. The van der Waals surface area contributed by atoms with E-state index >= 15 is 0 Å². The summed E-state index contributed by atoms with van der Waals surface area (Å²) in [7, 11) is 1.72. The summed E-state index contributed by atoms with van der Waals surface area (Å²) in [5.41, 5.74) is 2.13. The Balaban J connectivity index is 1.29. The molecule has 3 aromatic rings. The van der Waals surface area contributed by atoms with Crippen molar-refractivity contribution in [2.75, 3.05) is 13.7 Å². The second-order valence-electron chi connectivity index (χ2n) is 8.51. The van der Waals surface area contributed by atoms with Crippen molar-refractivity contribution in [3.63, 3.8) is 0 Å². The minimum absolute atomic E-state index is 0.124. The number of ether oxygens (including phenoxy) is 1. The number of aliphatic imine (C=N–C) groups is 1. The number of rotatable bonds is 10. The van der Waals surface area contributed by atoms with E-state index in [4.69, 9.17) is 4.74 Å². The van der Waals surface area contributed by atoms with E-state index in [1.807, 2.05) is 31.5 Å². The van der Waals surface area contributed by atoms with Crippen LogP contribution in [0.2, 0.25) is 0 Å². The van der Waals surface area contributed by atoms with Gasteiger partial charge in [0.15, 0.2) is 17.5 Å². The highest BCUT2D eigenvalue weighted by Crippen LogP contribution is 2.30. The van der Waals surface area contributed by atoms with E-state index in [0.29, 0.717) is 30.8 Å². The molecule has 0 aliphatic heterocycles. The SMILES string of the molecule is CN=C(NCc1nccn1CCc1ccccc1)NC(C)c1ccc(OCC2CC2)c(F)c1. The van der Waals surface area contributed by atoms with Gasteiger partial charge in [-0.2, -0.15) is 0 Å². The largest absolute Gasteiger partial charge is 0.490 e. The van der Waals surface area contributed by atoms with Gasteiger partial charge in [-0.25, -0.2) is 9.37 Å². The summed E-state index contributed by atoms with van der Waals surface area (Å²) < 4.78 is 22.2. The van der Waals surface area contributed by atoms with Crippen LogP contribution >= 0.6 is 0 Å². The van der Waals surface area contributed by atoms with Gasteiger partial charge in [0.25, 0.3) is 0 Å². The highest BCUT2D eigenvalue weighted by Gasteiger charge is 2.22. The summed E-state index contributed by atoms with van der Waals surface area (Å²) in [6.07, 6.45) is 7.12. The number of nitrogens with zero attached hydrogens (tertiary/aromatic N) is 3. The summed E-state index contributed by atoms with van der Waals surface area (Å²) in [5.74, 6) is 2.15. The number of hydrogen-bond donors (Lipinski definition) is 2. The van der Waals surface area contributed by atoms with Crippen LogP contribution < -0.4 is 15.4 Å². The Morgan fingerprint density at radius 3 is 2.79 bits per heavy atom. The fraction of sp³-hybridized carbons (Fsp3) is 0.385. The van der Waals surface area contributed by atoms with E-state index in [0.717, 1.165) is 24.4 Å². The van der Waals surface area contributed by atoms with Gasteiger partial charge >= 0.3 is 0 Å². The van der Waals surface area contributed by atoms with Crippen LogP contribution in [0.4, 0.5) is 4.39 Å². The monoisotopic (exact) mass is 449 g/mol. The molecule has 2 aromatic carbocycles. The lowest BCUT2D eigenvalue weighted by Gasteiger charge is -2.19. The highest BCUT2D eigenvalue weighted by molar-refractivity contribution is 5.80. The highest BCUT2D eigenvalue weighted by atomic mass is 19.1. The zero-order valence-electron chi connectivity index (χ0n) is 19.3. The summed E-state index contributed by atoms with van der Waals surface area (Å²) in [5, 5.41) is 6.64. The molecule has 1 unspecified atom stereocenters. The van der Waals surface area contributed by atoms with Gasteiger partial charge in [-0.1, -0.05) is 36.4 Å². The summed E-state index contributed by atoms with van der Waals surface area (Å²) in [6, 6.07) is 15.4. The van der Waals surface area contributed by atoms with Crippen molar-refractivity contribution in [2.24, 2.45) is 10.9 Å². The zero-order valence-corrected chi connectivity index (χ0v) is 19.3. The molecule has 1 aromatic heterocycles. The maximum Gasteiger partial charge on any atom is 0.191 e. The van der Waals surface area contributed by atoms with Gasteiger partial charge in [0.05, 0.1) is 19.2 Å². The summed E-state index contributed by atoms with van der Waals surface area (Å²) in [4.78, 5) is 8.79. The van der Waals surface area contributed by atoms with Crippen LogP contribution in [0.1, 0.15) is 42.8 Å². The standard InChI is InChI=1S/C26H32FN5O/c1-19(22-10-11-24(23(27)16-22)33-18-21-8-9-21)31-26(28-2)30-17-25-29-13-15-32(25)14-12-20-6-4-3-5-7-20/h3-7,10-11,13,15-16,19,21H,8-9,12,14,17-18H2,1-2H3,(H2,28,30,31). The average molecular weight is 450 g/mol. The Kier molecular flexibility index (Phi) is 7.60. The van der Waals surface area contributed by atoms with E-state index in [2.05, 4.69) is 49.4 Å². The number of aryl methyl sites for hydroxylation is 2. The molecule has 0 amide bonds. The molecular weight excluding hydrogens is 417 g/mol. The van der Waals surface area contributed by atoms with Crippen LogP contribution in [0.15, 0.2) is 65.9 Å². The van der Waals surface area contributed by atoms with Gasteiger partial charge < -0.3 is 19.9 Å². The number of guanidine groups is 1. The molecule has 1 saturated carbocycles. The van der Waals surface area contributed by atoms with Crippen molar-refractivity contribution >= 4 is 5.96 Å². The van der Waals surface area contributed by atoms with Gasteiger partial charge in [-0.15, -0.1) is 0 Å². The molecule has 0 saturated heterocycles. The lowest BCUT2D eigenvalue weighted by atomic mass is 10.1. The molecule has 6 nitrogen and oxygen atoms in total. The maximum absolute atomic E-state index is 14.5. The summed E-state index contributed by atoms with van der Waals surface area (Å²) in [6.45, 7) is 3.98. The first kappa shape index (κ1) is 22.8. The topological polar surface area (TPSA) is 63.5 Å². The molecule has 7 heteroatoms. The molecule has 4 rings (SSSR count). The smallest absolute Gasteiger partial charge is 0.191 e. The number of halogens is 1. The van der Waals surface area contributed by atoms with E-state index in [1.54, 1.807) is 13.1 Å². The van der Waals surface area contributed by atoms with Crippen LogP contribution in [0, 0.1) is 11.7 Å². The van der Waals surface area contributed by atoms with E-state index in [9.17, 15) is 4.39 Å². The minimum atomic E-state index is -0.329. The van der Waals surface area contributed by atoms with Crippen LogP contribution in [-0.4, -0.2) is 29.2 Å². The fourth-order valence-corrected chi connectivity index (χ4v) is 3.65. The molecule has 0 bridgehead atoms. The Morgan fingerprint density at radius 2 is 2.06 bits per heavy atom. The van der Waals surface area contributed by atoms with Crippen molar-refractivity contribution in [1.29, 1.82) is 0 Å². The molecule has 0 radical (unpaired) electrons. The molecule has 2 N–H and O–H groups in total. The van der Waals surface area contributed by atoms with Crippen molar-refractivity contribution < 1.29 is 9.13 Å². The Hall–Kier alpha value is -3.35. The molecule has 174 valence electrons. The molecule has 0 spiro atoms. The lowest BCUT2D eigenvalue weighted by molar-refractivity contribution is 0.285. The summed E-state index contributed by atoms with van der Waals surface area (Å²) >= 11 is 0. The first-order valence-corrected chi connectivity index (χ1v) is 11.6. The Morgan fingerprint density at radius 1 is 1.24 bits per heavy atom. The normalized spacial score (nSPS) is 14.7. The second kappa shape index (κ2) is 11.0.